The molecule has 0 aliphatic rings. The Morgan fingerprint density at radius 2 is 1.60 bits per heavy atom. The zero-order chi connectivity index (χ0) is 18.4. The summed E-state index contributed by atoms with van der Waals surface area (Å²) in [5.41, 5.74) is -0.123. The Kier molecular flexibility index (Phi) is 5.99. The number of nitrogens with one attached hydrogen (secondary N) is 3. The van der Waals surface area contributed by atoms with Gasteiger partial charge >= 0.3 is 6.03 Å². The van der Waals surface area contributed by atoms with E-state index in [1.165, 1.54) is 6.07 Å². The lowest BCUT2D eigenvalue weighted by Crippen LogP contribution is -2.27. The van der Waals surface area contributed by atoms with Crippen molar-refractivity contribution in [2.24, 2.45) is 0 Å². The van der Waals surface area contributed by atoms with Gasteiger partial charge in [0.25, 0.3) is 5.91 Å². The average molecular weight is 351 g/mol. The van der Waals surface area contributed by atoms with Crippen LogP contribution in [0.4, 0.5) is 29.3 Å². The monoisotopic (exact) mass is 351 g/mol. The van der Waals surface area contributed by atoms with Crippen molar-refractivity contribution in [3.05, 3.63) is 59.4 Å². The fourth-order valence-corrected chi connectivity index (χ4v) is 2.06. The van der Waals surface area contributed by atoms with Gasteiger partial charge in [0.15, 0.2) is 0 Å². The Labute approximate surface area is 142 Å². The van der Waals surface area contributed by atoms with Crippen LogP contribution in [0.15, 0.2) is 36.4 Å². The van der Waals surface area contributed by atoms with E-state index in [0.29, 0.717) is 19.0 Å². The molecule has 3 amide bonds. The van der Waals surface area contributed by atoms with Gasteiger partial charge in [-0.1, -0.05) is 6.92 Å². The van der Waals surface area contributed by atoms with Gasteiger partial charge in [0.2, 0.25) is 0 Å². The molecule has 0 bridgehead atoms. The third kappa shape index (κ3) is 5.23. The number of anilines is 2. The molecule has 8 heteroatoms. The lowest BCUT2D eigenvalue weighted by atomic mass is 10.1. The second-order valence-corrected chi connectivity index (χ2v) is 5.18. The number of amides is 3. The van der Waals surface area contributed by atoms with Crippen molar-refractivity contribution >= 4 is 23.3 Å². The van der Waals surface area contributed by atoms with Crippen molar-refractivity contribution in [2.45, 2.75) is 13.3 Å². The molecule has 0 spiro atoms. The highest BCUT2D eigenvalue weighted by Crippen LogP contribution is 2.19. The van der Waals surface area contributed by atoms with Crippen LogP contribution in [-0.4, -0.2) is 18.5 Å². The molecule has 0 aliphatic carbocycles. The zero-order valence-corrected chi connectivity index (χ0v) is 13.3. The lowest BCUT2D eigenvalue weighted by molar-refractivity contribution is 0.0954. The van der Waals surface area contributed by atoms with Gasteiger partial charge in [-0.2, -0.15) is 0 Å². The lowest BCUT2D eigenvalue weighted by Gasteiger charge is -2.12. The van der Waals surface area contributed by atoms with Crippen LogP contribution in [0.1, 0.15) is 23.7 Å². The van der Waals surface area contributed by atoms with Crippen molar-refractivity contribution in [2.75, 3.05) is 17.2 Å². The van der Waals surface area contributed by atoms with E-state index in [0.717, 1.165) is 24.3 Å². The molecule has 0 heterocycles. The fraction of sp³-hybridized carbons (Fsp3) is 0.176. The van der Waals surface area contributed by atoms with Crippen LogP contribution in [0, 0.1) is 17.5 Å². The van der Waals surface area contributed by atoms with Crippen molar-refractivity contribution in [1.82, 2.24) is 5.32 Å². The highest BCUT2D eigenvalue weighted by molar-refractivity contribution is 6.06. The summed E-state index contributed by atoms with van der Waals surface area (Å²) >= 11 is 0. The van der Waals surface area contributed by atoms with Gasteiger partial charge in [-0.05, 0) is 36.8 Å². The molecular formula is C17H16F3N3O2. The highest BCUT2D eigenvalue weighted by Gasteiger charge is 2.14. The molecule has 2 aromatic carbocycles. The Balaban J connectivity index is 2.16. The van der Waals surface area contributed by atoms with Crippen LogP contribution in [0.25, 0.3) is 0 Å². The van der Waals surface area contributed by atoms with Gasteiger partial charge in [0.05, 0.1) is 11.3 Å². The number of rotatable bonds is 5. The minimum absolute atomic E-state index is 0.0652. The SMILES string of the molecule is CCCNC(=O)c1ccc(F)cc1NC(=O)Nc1cc(F)cc(F)c1. The van der Waals surface area contributed by atoms with Crippen LogP contribution < -0.4 is 16.0 Å². The molecule has 0 unspecified atom stereocenters. The molecule has 5 nitrogen and oxygen atoms in total. The number of hydrogen-bond acceptors (Lipinski definition) is 2. The van der Waals surface area contributed by atoms with E-state index >= 15 is 0 Å². The first kappa shape index (κ1) is 18.3. The molecule has 3 N–H and O–H groups in total. The predicted octanol–water partition coefficient (Wildman–Crippen LogP) is 3.89. The first-order valence-electron chi connectivity index (χ1n) is 7.51. The van der Waals surface area contributed by atoms with Crippen LogP contribution in [-0.2, 0) is 0 Å². The zero-order valence-electron chi connectivity index (χ0n) is 13.3. The van der Waals surface area contributed by atoms with E-state index in [1.54, 1.807) is 0 Å². The molecule has 25 heavy (non-hydrogen) atoms. The molecular weight excluding hydrogens is 335 g/mol. The Morgan fingerprint density at radius 3 is 2.24 bits per heavy atom. The molecule has 2 aromatic rings. The van der Waals surface area contributed by atoms with Gasteiger partial charge in [-0.3, -0.25) is 4.79 Å². The summed E-state index contributed by atoms with van der Waals surface area (Å²) in [7, 11) is 0. The molecule has 0 aromatic heterocycles. The van der Waals surface area contributed by atoms with Crippen molar-refractivity contribution in [1.29, 1.82) is 0 Å². The largest absolute Gasteiger partial charge is 0.352 e. The van der Waals surface area contributed by atoms with Crippen LogP contribution in [0.5, 0.6) is 0 Å². The normalized spacial score (nSPS) is 10.2. The van der Waals surface area contributed by atoms with Crippen LogP contribution in [0.2, 0.25) is 0 Å². The van der Waals surface area contributed by atoms with Gasteiger partial charge in [0, 0.05) is 18.3 Å². The average Bonchev–Trinajstić information content (AvgIpc) is 2.51. The van der Waals surface area contributed by atoms with E-state index in [1.807, 2.05) is 6.92 Å². The Bertz CT molecular complexity index is 776. The van der Waals surface area contributed by atoms with E-state index in [-0.39, 0.29) is 16.9 Å². The predicted molar refractivity (Wildman–Crippen MR) is 88.0 cm³/mol. The topological polar surface area (TPSA) is 70.2 Å². The molecule has 0 saturated carbocycles. The number of hydrogen-bond donors (Lipinski definition) is 3. The molecule has 0 aliphatic heterocycles. The number of carbonyl (C=O) groups is 2. The minimum Gasteiger partial charge on any atom is -0.352 e. The summed E-state index contributed by atoms with van der Waals surface area (Å²) in [5.74, 6) is -2.85. The maximum Gasteiger partial charge on any atom is 0.323 e. The van der Waals surface area contributed by atoms with E-state index in [9.17, 15) is 22.8 Å². The number of halogens is 3. The summed E-state index contributed by atoms with van der Waals surface area (Å²) in [6, 6.07) is 4.93. The second kappa shape index (κ2) is 8.18. The third-order valence-electron chi connectivity index (χ3n) is 3.13. The quantitative estimate of drug-likeness (QED) is 0.765. The third-order valence-corrected chi connectivity index (χ3v) is 3.13. The summed E-state index contributed by atoms with van der Waals surface area (Å²) in [6.45, 7) is 2.29. The van der Waals surface area contributed by atoms with Gasteiger partial charge in [0.1, 0.15) is 17.5 Å². The van der Waals surface area contributed by atoms with Crippen LogP contribution in [0.3, 0.4) is 0 Å². The Hall–Kier alpha value is -3.03. The number of urea groups is 1. The minimum atomic E-state index is -0.875. The molecule has 0 atom stereocenters. The number of benzene rings is 2. The van der Waals surface area contributed by atoms with Gasteiger partial charge < -0.3 is 16.0 Å². The maximum absolute atomic E-state index is 13.4. The first-order chi connectivity index (χ1) is 11.9. The summed E-state index contributed by atoms with van der Waals surface area (Å²) in [6.07, 6.45) is 0.710. The highest BCUT2D eigenvalue weighted by atomic mass is 19.1. The van der Waals surface area contributed by atoms with Crippen LogP contribution >= 0.6 is 0 Å². The number of carbonyl (C=O) groups excluding carboxylic acids is 2. The van der Waals surface area contributed by atoms with E-state index in [2.05, 4.69) is 16.0 Å². The summed E-state index contributed by atoms with van der Waals surface area (Å²) in [4.78, 5) is 24.0. The second-order valence-electron chi connectivity index (χ2n) is 5.18. The summed E-state index contributed by atoms with van der Waals surface area (Å²) < 4.78 is 39.7. The van der Waals surface area contributed by atoms with Crippen molar-refractivity contribution < 1.29 is 22.8 Å². The van der Waals surface area contributed by atoms with Gasteiger partial charge in [-0.15, -0.1) is 0 Å². The molecule has 0 radical (unpaired) electrons. The maximum atomic E-state index is 13.4. The molecule has 132 valence electrons. The first-order valence-corrected chi connectivity index (χ1v) is 7.51. The van der Waals surface area contributed by atoms with Crippen molar-refractivity contribution in [3.8, 4) is 0 Å². The van der Waals surface area contributed by atoms with Crippen molar-refractivity contribution in [3.63, 3.8) is 0 Å². The molecule has 0 fully saturated rings. The molecule has 2 rings (SSSR count). The smallest absolute Gasteiger partial charge is 0.323 e. The molecule has 0 saturated heterocycles. The van der Waals surface area contributed by atoms with Gasteiger partial charge in [-0.25, -0.2) is 18.0 Å². The summed E-state index contributed by atoms with van der Waals surface area (Å²) in [5, 5.41) is 7.13. The van der Waals surface area contributed by atoms with E-state index in [4.69, 9.17) is 0 Å². The Morgan fingerprint density at radius 1 is 0.920 bits per heavy atom. The van der Waals surface area contributed by atoms with E-state index < -0.39 is 29.4 Å². The standard InChI is InChI=1S/C17H16F3N3O2/c1-2-5-21-16(24)14-4-3-10(18)9-15(14)23-17(25)22-13-7-11(19)6-12(20)8-13/h3-4,6-9H,2,5H2,1H3,(H,21,24)(H2,22,23,25). The fourth-order valence-electron chi connectivity index (χ4n) is 2.06.